The lowest BCUT2D eigenvalue weighted by Gasteiger charge is -2.04. The number of amides is 1. The van der Waals surface area contributed by atoms with Crippen LogP contribution in [0.5, 0.6) is 5.75 Å². The number of carbonyl (C=O) groups is 1. The summed E-state index contributed by atoms with van der Waals surface area (Å²) in [5, 5.41) is 9.44. The molecule has 2 N–H and O–H groups in total. The third-order valence-electron chi connectivity index (χ3n) is 3.31. The number of carbonyl (C=O) groups excluding carboxylic acids is 1. The predicted molar refractivity (Wildman–Crippen MR) is 75.3 cm³/mol. The summed E-state index contributed by atoms with van der Waals surface area (Å²) in [5.74, 6) is 1.33. The molecule has 1 aliphatic rings. The summed E-state index contributed by atoms with van der Waals surface area (Å²) in [6, 6.07) is 6.82. The van der Waals surface area contributed by atoms with Crippen LogP contribution in [0.4, 0.5) is 5.95 Å². The molecular weight excluding hydrogens is 272 g/mol. The summed E-state index contributed by atoms with van der Waals surface area (Å²) < 4.78 is 10.6. The van der Waals surface area contributed by atoms with E-state index in [4.69, 9.17) is 9.47 Å². The zero-order valence-electron chi connectivity index (χ0n) is 11.6. The van der Waals surface area contributed by atoms with Gasteiger partial charge in [-0.3, -0.25) is 15.2 Å². The number of anilines is 1. The van der Waals surface area contributed by atoms with E-state index in [9.17, 15) is 4.79 Å². The average molecular weight is 288 g/mol. The normalized spacial score (nSPS) is 17.7. The lowest BCUT2D eigenvalue weighted by atomic mass is 10.2. The van der Waals surface area contributed by atoms with Gasteiger partial charge in [0.2, 0.25) is 5.95 Å². The number of rotatable bonds is 4. The van der Waals surface area contributed by atoms with Crippen molar-refractivity contribution in [2.24, 2.45) is 0 Å². The van der Waals surface area contributed by atoms with Crippen molar-refractivity contribution in [3.05, 3.63) is 35.7 Å². The van der Waals surface area contributed by atoms with Gasteiger partial charge in [0.1, 0.15) is 11.9 Å². The number of H-pyrrole nitrogens is 1. The lowest BCUT2D eigenvalue weighted by Crippen LogP contribution is -2.13. The molecule has 1 fully saturated rings. The van der Waals surface area contributed by atoms with Crippen molar-refractivity contribution in [3.8, 4) is 5.75 Å². The Bertz CT molecular complexity index is 617. The summed E-state index contributed by atoms with van der Waals surface area (Å²) in [6.45, 7) is 0.735. The van der Waals surface area contributed by atoms with E-state index >= 15 is 0 Å². The van der Waals surface area contributed by atoms with Gasteiger partial charge in [0, 0.05) is 12.2 Å². The Morgan fingerprint density at radius 3 is 2.90 bits per heavy atom. The van der Waals surface area contributed by atoms with Crippen molar-refractivity contribution in [1.82, 2.24) is 15.2 Å². The number of nitrogens with one attached hydrogen (secondary N) is 2. The maximum atomic E-state index is 12.1. The Morgan fingerprint density at radius 1 is 1.43 bits per heavy atom. The standard InChI is InChI=1S/C14H16N4O3/c1-20-10-6-4-9(5-7-10)13(19)16-14-15-12(17-18-14)11-3-2-8-21-11/h4-7,11H,2-3,8H2,1H3,(H2,15,16,17,18,19)/t11-/m1/s1. The van der Waals surface area contributed by atoms with E-state index < -0.39 is 0 Å². The fourth-order valence-corrected chi connectivity index (χ4v) is 2.18. The van der Waals surface area contributed by atoms with Crippen LogP contribution >= 0.6 is 0 Å². The lowest BCUT2D eigenvalue weighted by molar-refractivity contribution is 0.102. The van der Waals surface area contributed by atoms with Gasteiger partial charge in [-0.15, -0.1) is 5.10 Å². The van der Waals surface area contributed by atoms with Crippen LogP contribution in [0.15, 0.2) is 24.3 Å². The quantitative estimate of drug-likeness (QED) is 0.897. The molecule has 0 bridgehead atoms. The molecule has 7 heteroatoms. The van der Waals surface area contributed by atoms with Crippen LogP contribution in [-0.4, -0.2) is 34.8 Å². The van der Waals surface area contributed by atoms with E-state index in [1.165, 1.54) is 0 Å². The molecule has 3 rings (SSSR count). The summed E-state index contributed by atoms with van der Waals surface area (Å²) in [4.78, 5) is 16.3. The highest BCUT2D eigenvalue weighted by Gasteiger charge is 2.21. The molecule has 2 aromatic rings. The first kappa shape index (κ1) is 13.6. The van der Waals surface area contributed by atoms with E-state index in [-0.39, 0.29) is 18.0 Å². The van der Waals surface area contributed by atoms with Gasteiger partial charge in [0.25, 0.3) is 5.91 Å². The second-order valence-corrected chi connectivity index (χ2v) is 4.73. The van der Waals surface area contributed by atoms with Crippen LogP contribution in [0, 0.1) is 0 Å². The Kier molecular flexibility index (Phi) is 3.83. The van der Waals surface area contributed by atoms with Crippen LogP contribution in [0.25, 0.3) is 0 Å². The minimum absolute atomic E-state index is 0.0517. The smallest absolute Gasteiger partial charge is 0.258 e. The zero-order valence-corrected chi connectivity index (χ0v) is 11.6. The first-order chi connectivity index (χ1) is 10.3. The first-order valence-corrected chi connectivity index (χ1v) is 6.75. The van der Waals surface area contributed by atoms with Crippen molar-refractivity contribution in [1.29, 1.82) is 0 Å². The number of benzene rings is 1. The van der Waals surface area contributed by atoms with Crippen molar-refractivity contribution in [2.75, 3.05) is 19.0 Å². The molecule has 1 amide bonds. The monoisotopic (exact) mass is 288 g/mol. The molecule has 0 saturated carbocycles. The van der Waals surface area contributed by atoms with E-state index in [0.29, 0.717) is 17.1 Å². The number of aromatic nitrogens is 3. The topological polar surface area (TPSA) is 89.1 Å². The molecule has 0 spiro atoms. The van der Waals surface area contributed by atoms with E-state index in [2.05, 4.69) is 20.5 Å². The molecule has 0 unspecified atom stereocenters. The van der Waals surface area contributed by atoms with Crippen LogP contribution in [0.2, 0.25) is 0 Å². The minimum Gasteiger partial charge on any atom is -0.497 e. The highest BCUT2D eigenvalue weighted by atomic mass is 16.5. The van der Waals surface area contributed by atoms with Gasteiger partial charge in [0.15, 0.2) is 5.82 Å². The Balaban J connectivity index is 1.66. The van der Waals surface area contributed by atoms with E-state index in [1.54, 1.807) is 31.4 Å². The molecule has 1 saturated heterocycles. The Labute approximate surface area is 121 Å². The Morgan fingerprint density at radius 2 is 2.24 bits per heavy atom. The molecule has 0 radical (unpaired) electrons. The van der Waals surface area contributed by atoms with E-state index in [0.717, 1.165) is 19.4 Å². The van der Waals surface area contributed by atoms with Crippen molar-refractivity contribution >= 4 is 11.9 Å². The fourth-order valence-electron chi connectivity index (χ4n) is 2.18. The highest BCUT2D eigenvalue weighted by molar-refractivity contribution is 6.03. The molecular formula is C14H16N4O3. The number of hydrogen-bond acceptors (Lipinski definition) is 5. The minimum atomic E-state index is -0.268. The number of hydrogen-bond donors (Lipinski definition) is 2. The van der Waals surface area contributed by atoms with Crippen molar-refractivity contribution in [3.63, 3.8) is 0 Å². The molecule has 1 aromatic carbocycles. The second kappa shape index (κ2) is 5.92. The third kappa shape index (κ3) is 3.03. The Hall–Kier alpha value is -2.41. The number of aromatic amines is 1. The van der Waals surface area contributed by atoms with Gasteiger partial charge in [-0.2, -0.15) is 4.98 Å². The van der Waals surface area contributed by atoms with Crippen LogP contribution < -0.4 is 10.1 Å². The molecule has 0 aliphatic carbocycles. The van der Waals surface area contributed by atoms with Crippen LogP contribution in [0.1, 0.15) is 35.1 Å². The van der Waals surface area contributed by atoms with Gasteiger partial charge in [0.05, 0.1) is 7.11 Å². The van der Waals surface area contributed by atoms with Crippen LogP contribution in [0.3, 0.4) is 0 Å². The molecule has 110 valence electrons. The second-order valence-electron chi connectivity index (χ2n) is 4.73. The first-order valence-electron chi connectivity index (χ1n) is 6.75. The number of nitrogens with zero attached hydrogens (tertiary/aromatic N) is 2. The summed E-state index contributed by atoms with van der Waals surface area (Å²) in [6.07, 6.45) is 1.88. The summed E-state index contributed by atoms with van der Waals surface area (Å²) in [5.41, 5.74) is 0.513. The third-order valence-corrected chi connectivity index (χ3v) is 3.31. The van der Waals surface area contributed by atoms with Crippen LogP contribution in [-0.2, 0) is 4.74 Å². The fraction of sp³-hybridized carbons (Fsp3) is 0.357. The highest BCUT2D eigenvalue weighted by Crippen LogP contribution is 2.26. The van der Waals surface area contributed by atoms with Gasteiger partial charge < -0.3 is 9.47 Å². The summed E-state index contributed by atoms with van der Waals surface area (Å²) >= 11 is 0. The van der Waals surface area contributed by atoms with Gasteiger partial charge >= 0.3 is 0 Å². The predicted octanol–water partition coefficient (Wildman–Crippen LogP) is 1.92. The molecule has 2 heterocycles. The van der Waals surface area contributed by atoms with Crippen molar-refractivity contribution < 1.29 is 14.3 Å². The number of methoxy groups -OCH3 is 1. The van der Waals surface area contributed by atoms with Gasteiger partial charge in [-0.05, 0) is 37.1 Å². The van der Waals surface area contributed by atoms with Gasteiger partial charge in [-0.1, -0.05) is 0 Å². The molecule has 1 atom stereocenters. The van der Waals surface area contributed by atoms with Gasteiger partial charge in [-0.25, -0.2) is 0 Å². The maximum absolute atomic E-state index is 12.1. The maximum Gasteiger partial charge on any atom is 0.258 e. The number of ether oxygens (including phenoxy) is 2. The SMILES string of the molecule is COc1ccc(C(=O)Nc2n[nH]c([C@H]3CCCO3)n2)cc1. The largest absolute Gasteiger partial charge is 0.497 e. The molecule has 21 heavy (non-hydrogen) atoms. The molecule has 1 aliphatic heterocycles. The van der Waals surface area contributed by atoms with E-state index in [1.807, 2.05) is 0 Å². The summed E-state index contributed by atoms with van der Waals surface area (Å²) in [7, 11) is 1.58. The zero-order chi connectivity index (χ0) is 14.7. The average Bonchev–Trinajstić information content (AvgIpc) is 3.18. The van der Waals surface area contributed by atoms with Crippen molar-refractivity contribution in [2.45, 2.75) is 18.9 Å². The molecule has 7 nitrogen and oxygen atoms in total. The molecule has 1 aromatic heterocycles.